The molecule has 4 fully saturated rings. The van der Waals surface area contributed by atoms with Crippen molar-refractivity contribution in [1.29, 1.82) is 0 Å². The van der Waals surface area contributed by atoms with Gasteiger partial charge >= 0.3 is 12.2 Å². The van der Waals surface area contributed by atoms with Crippen LogP contribution < -0.4 is 25.4 Å². The first-order valence-corrected chi connectivity index (χ1v) is 15.5. The fourth-order valence-corrected chi connectivity index (χ4v) is 8.21. The molecule has 3 aromatic heterocycles. The Morgan fingerprint density at radius 2 is 1.85 bits per heavy atom. The van der Waals surface area contributed by atoms with Crippen LogP contribution in [0.2, 0.25) is 0 Å². The van der Waals surface area contributed by atoms with Crippen molar-refractivity contribution >= 4 is 22.5 Å². The molecule has 8 rings (SSSR count). The first kappa shape index (κ1) is 30.6. The predicted octanol–water partition coefficient (Wildman–Crippen LogP) is 4.48. The molecule has 1 aliphatic carbocycles. The van der Waals surface area contributed by atoms with Gasteiger partial charge in [-0.2, -0.15) is 23.1 Å². The zero-order chi connectivity index (χ0) is 33.3. The van der Waals surface area contributed by atoms with Crippen molar-refractivity contribution in [3.8, 4) is 23.1 Å². The average molecular weight is 669 g/mol. The number of nitrogens with one attached hydrogen (secondary N) is 1. The molecule has 252 valence electrons. The zero-order valence-electron chi connectivity index (χ0n) is 25.4. The number of hydrogen-bond acceptors (Lipinski definition) is 10. The number of nitrogen functional groups attached to an aromatic ring is 1. The fourth-order valence-electron chi connectivity index (χ4n) is 8.21. The van der Waals surface area contributed by atoms with E-state index >= 15 is 8.78 Å². The second-order valence-electron chi connectivity index (χ2n) is 13.4. The molecule has 0 radical (unpaired) electrons. The number of rotatable bonds is 4. The highest BCUT2D eigenvalue weighted by Gasteiger charge is 2.77. The Bertz CT molecular complexity index is 1830. The minimum atomic E-state index is -5.15. The van der Waals surface area contributed by atoms with Crippen LogP contribution in [0.25, 0.3) is 22.2 Å². The third-order valence-electron chi connectivity index (χ3n) is 10.6. The quantitative estimate of drug-likeness (QED) is 0.386. The van der Waals surface area contributed by atoms with E-state index in [2.05, 4.69) is 25.3 Å². The maximum Gasteiger partial charge on any atom is 0.418 e. The molecule has 5 aliphatic rings. The third-order valence-corrected chi connectivity index (χ3v) is 10.6. The molecule has 4 atom stereocenters. The summed E-state index contributed by atoms with van der Waals surface area (Å²) in [5.41, 5.74) is -1.09. The Morgan fingerprint density at radius 3 is 2.57 bits per heavy atom. The Balaban J connectivity index is 1.30. The number of anilines is 2. The predicted molar refractivity (Wildman–Crippen MR) is 154 cm³/mol. The lowest BCUT2D eigenvalue weighted by atomic mass is 9.89. The summed E-state index contributed by atoms with van der Waals surface area (Å²) in [7, 11) is 0. The van der Waals surface area contributed by atoms with Crippen LogP contribution in [0, 0.1) is 24.0 Å². The molecule has 0 bridgehead atoms. The number of alkyl halides is 5. The minimum Gasteiger partial charge on any atom is -0.472 e. The van der Waals surface area contributed by atoms with E-state index in [1.165, 1.54) is 0 Å². The van der Waals surface area contributed by atoms with E-state index < -0.39 is 74.6 Å². The number of aryl methyl sites for hydroxylation is 1. The molecule has 47 heavy (non-hydrogen) atoms. The van der Waals surface area contributed by atoms with Crippen molar-refractivity contribution in [3.05, 3.63) is 22.9 Å². The van der Waals surface area contributed by atoms with Crippen LogP contribution in [-0.4, -0.2) is 87.8 Å². The van der Waals surface area contributed by atoms with E-state index in [4.69, 9.17) is 15.2 Å². The molecule has 4 aliphatic heterocycles. The first-order chi connectivity index (χ1) is 22.1. The first-order valence-electron chi connectivity index (χ1n) is 15.5. The molecule has 0 aromatic carbocycles. The SMILES string of the molecule is Cc1nc(N)c(F)c(-c2nc3c4c(nc(OC[C@@]56CCCN5CC5(CC5(F)F)C6)nc4c2F)N2CCNC[C@H]2[C@H](C)O3)c1C(F)(F)F. The van der Waals surface area contributed by atoms with Gasteiger partial charge in [-0.15, -0.1) is 0 Å². The van der Waals surface area contributed by atoms with Crippen LogP contribution in [0.4, 0.5) is 42.4 Å². The second kappa shape index (κ2) is 9.90. The molecular formula is C30H31F7N8O2. The summed E-state index contributed by atoms with van der Waals surface area (Å²) < 4.78 is 116. The average Bonchev–Trinajstić information content (AvgIpc) is 3.22. The number of halogens is 7. The van der Waals surface area contributed by atoms with Gasteiger partial charge < -0.3 is 25.4 Å². The fraction of sp³-hybridized carbons (Fsp3) is 0.600. The maximum absolute atomic E-state index is 16.7. The summed E-state index contributed by atoms with van der Waals surface area (Å²) in [5, 5.41) is 3.25. The van der Waals surface area contributed by atoms with Crippen LogP contribution in [0.5, 0.6) is 11.9 Å². The van der Waals surface area contributed by atoms with Gasteiger partial charge in [-0.05, 0) is 39.7 Å². The van der Waals surface area contributed by atoms with Crippen molar-refractivity contribution in [2.24, 2.45) is 5.41 Å². The molecular weight excluding hydrogens is 637 g/mol. The van der Waals surface area contributed by atoms with E-state index in [1.54, 1.807) is 6.92 Å². The normalized spacial score (nSPS) is 29.5. The van der Waals surface area contributed by atoms with Crippen molar-refractivity contribution in [1.82, 2.24) is 30.2 Å². The van der Waals surface area contributed by atoms with E-state index in [9.17, 15) is 22.0 Å². The molecule has 3 aromatic rings. The lowest BCUT2D eigenvalue weighted by Gasteiger charge is -2.38. The van der Waals surface area contributed by atoms with Crippen LogP contribution in [0.1, 0.15) is 43.9 Å². The molecule has 7 heterocycles. The Hall–Kier alpha value is -3.73. The lowest BCUT2D eigenvalue weighted by molar-refractivity contribution is -0.138. The Kier molecular flexibility index (Phi) is 6.45. The van der Waals surface area contributed by atoms with Crippen molar-refractivity contribution < 1.29 is 40.2 Å². The van der Waals surface area contributed by atoms with Gasteiger partial charge in [0.15, 0.2) is 17.5 Å². The molecule has 1 unspecified atom stereocenters. The van der Waals surface area contributed by atoms with E-state index in [1.807, 2.05) is 9.80 Å². The number of nitrogens with two attached hydrogens (primary N) is 1. The number of piperazine rings is 1. The minimum absolute atomic E-state index is 0.0133. The van der Waals surface area contributed by atoms with E-state index in [0.29, 0.717) is 32.6 Å². The van der Waals surface area contributed by atoms with Gasteiger partial charge in [0.2, 0.25) is 5.88 Å². The zero-order valence-corrected chi connectivity index (χ0v) is 25.4. The van der Waals surface area contributed by atoms with Gasteiger partial charge in [0.25, 0.3) is 5.92 Å². The highest BCUT2D eigenvalue weighted by Crippen LogP contribution is 2.69. The summed E-state index contributed by atoms with van der Waals surface area (Å²) in [6.45, 7) is 4.94. The Labute approximate surface area is 263 Å². The van der Waals surface area contributed by atoms with Crippen molar-refractivity contribution in [3.63, 3.8) is 0 Å². The summed E-state index contributed by atoms with van der Waals surface area (Å²) in [6, 6.07) is -0.652. The maximum atomic E-state index is 16.7. The van der Waals surface area contributed by atoms with Crippen LogP contribution >= 0.6 is 0 Å². The number of fused-ring (bicyclic) bond motifs is 3. The van der Waals surface area contributed by atoms with Gasteiger partial charge in [-0.3, -0.25) is 4.90 Å². The summed E-state index contributed by atoms with van der Waals surface area (Å²) in [4.78, 5) is 20.4. The van der Waals surface area contributed by atoms with Crippen molar-refractivity contribution in [2.75, 3.05) is 50.0 Å². The second-order valence-corrected chi connectivity index (χ2v) is 13.4. The van der Waals surface area contributed by atoms with Gasteiger partial charge in [0.1, 0.15) is 35.1 Å². The van der Waals surface area contributed by atoms with Gasteiger partial charge in [0, 0.05) is 32.6 Å². The highest BCUT2D eigenvalue weighted by molar-refractivity contribution is 5.97. The molecule has 3 saturated heterocycles. The number of ether oxygens (including phenoxy) is 2. The molecule has 17 heteroatoms. The molecule has 1 spiro atoms. The monoisotopic (exact) mass is 668 g/mol. The Morgan fingerprint density at radius 1 is 1.09 bits per heavy atom. The summed E-state index contributed by atoms with van der Waals surface area (Å²) >= 11 is 0. The molecule has 0 amide bonds. The summed E-state index contributed by atoms with van der Waals surface area (Å²) in [6.07, 6.45) is -4.31. The van der Waals surface area contributed by atoms with Gasteiger partial charge in [0.05, 0.1) is 33.8 Å². The van der Waals surface area contributed by atoms with Crippen LogP contribution in [0.15, 0.2) is 0 Å². The number of nitrogens with zero attached hydrogens (tertiary/aromatic N) is 6. The summed E-state index contributed by atoms with van der Waals surface area (Å²) in [5.74, 6) is -6.67. The van der Waals surface area contributed by atoms with Crippen LogP contribution in [-0.2, 0) is 6.18 Å². The largest absolute Gasteiger partial charge is 0.472 e. The number of pyridine rings is 2. The third kappa shape index (κ3) is 4.44. The van der Waals surface area contributed by atoms with Gasteiger partial charge in [-0.25, -0.2) is 27.5 Å². The van der Waals surface area contributed by atoms with E-state index in [-0.39, 0.29) is 55.1 Å². The number of aromatic nitrogens is 4. The van der Waals surface area contributed by atoms with Gasteiger partial charge in [-0.1, -0.05) is 0 Å². The van der Waals surface area contributed by atoms with Crippen molar-refractivity contribution in [2.45, 2.75) is 69.3 Å². The topological polar surface area (TPSA) is 115 Å². The molecule has 3 N–H and O–H groups in total. The molecule has 10 nitrogen and oxygen atoms in total. The van der Waals surface area contributed by atoms with Crippen LogP contribution in [0.3, 0.4) is 0 Å². The highest BCUT2D eigenvalue weighted by atomic mass is 19.4. The standard InChI is InChI=1S/C30H31F7N8O2/c1-13-18(30(35,36)37)16(19(31)23(38)40-13)21-20(32)22-17-24(45-7-5-39-8-15(45)14(2)47-25(17)41-21)43-26(42-22)46-12-28-4-3-6-44(28)11-27(9-28)10-29(27,33)34/h14-15,39H,3-12H2,1-2H3,(H2,38,40)/t14-,15-,27?,28-/m0/s1. The lowest BCUT2D eigenvalue weighted by Crippen LogP contribution is -2.56. The smallest absolute Gasteiger partial charge is 0.418 e. The van der Waals surface area contributed by atoms with E-state index in [0.717, 1.165) is 13.3 Å². The molecule has 1 saturated carbocycles. The number of hydrogen-bond donors (Lipinski definition) is 2.